The van der Waals surface area contributed by atoms with Crippen LogP contribution in [0.1, 0.15) is 49.3 Å². The molecule has 4 nitrogen and oxygen atoms in total. The van der Waals surface area contributed by atoms with E-state index in [1.807, 2.05) is 50.3 Å². The lowest BCUT2D eigenvalue weighted by Gasteiger charge is -2.15. The van der Waals surface area contributed by atoms with E-state index in [-0.39, 0.29) is 18.1 Å². The lowest BCUT2D eigenvalue weighted by Crippen LogP contribution is -2.34. The normalized spacial score (nSPS) is 17.1. The highest BCUT2D eigenvalue weighted by atomic mass is 16.1. The van der Waals surface area contributed by atoms with E-state index in [1.54, 1.807) is 0 Å². The van der Waals surface area contributed by atoms with Crippen molar-refractivity contribution < 1.29 is 9.59 Å². The molecule has 0 heterocycles. The minimum absolute atomic E-state index is 0.0884. The van der Waals surface area contributed by atoms with E-state index in [0.29, 0.717) is 17.9 Å². The Balaban J connectivity index is 2.00. The van der Waals surface area contributed by atoms with Crippen molar-refractivity contribution in [2.24, 2.45) is 5.92 Å². The molecule has 28 heavy (non-hydrogen) atoms. The number of aryl methyl sites for hydroxylation is 2. The van der Waals surface area contributed by atoms with E-state index in [0.717, 1.165) is 29.5 Å². The topological polar surface area (TPSA) is 70.0 Å². The lowest BCUT2D eigenvalue weighted by atomic mass is 9.95. The molecule has 1 aromatic rings. The van der Waals surface area contributed by atoms with Crippen LogP contribution in [0.25, 0.3) is 6.08 Å². The SMILES string of the molecule is CC(=O)/C(=C\c1cc(C)ccc1C)CC(C#N)NC(=O)CCC1C=CC=CC1. The zero-order valence-corrected chi connectivity index (χ0v) is 16.9. The second kappa shape index (κ2) is 10.4. The zero-order valence-electron chi connectivity index (χ0n) is 16.9. The predicted molar refractivity (Wildman–Crippen MR) is 112 cm³/mol. The van der Waals surface area contributed by atoms with Gasteiger partial charge in [0.1, 0.15) is 6.04 Å². The summed E-state index contributed by atoms with van der Waals surface area (Å²) >= 11 is 0. The number of ketones is 1. The van der Waals surface area contributed by atoms with Crippen LogP contribution in [-0.2, 0) is 9.59 Å². The molecule has 1 aliphatic carbocycles. The first kappa shape index (κ1) is 21.4. The zero-order chi connectivity index (χ0) is 20.5. The number of nitriles is 1. The van der Waals surface area contributed by atoms with Crippen molar-refractivity contribution in [3.05, 3.63) is 64.8 Å². The third-order valence-corrected chi connectivity index (χ3v) is 4.94. The fourth-order valence-electron chi connectivity index (χ4n) is 3.19. The van der Waals surface area contributed by atoms with Gasteiger partial charge in [0, 0.05) is 12.8 Å². The number of benzene rings is 1. The maximum absolute atomic E-state index is 12.3. The molecule has 0 saturated heterocycles. The maximum Gasteiger partial charge on any atom is 0.221 e. The summed E-state index contributed by atoms with van der Waals surface area (Å²) in [6, 6.07) is 7.46. The molecule has 0 saturated carbocycles. The summed E-state index contributed by atoms with van der Waals surface area (Å²) in [6.45, 7) is 5.48. The molecule has 2 rings (SSSR count). The van der Waals surface area contributed by atoms with Crippen molar-refractivity contribution >= 4 is 17.8 Å². The van der Waals surface area contributed by atoms with Gasteiger partial charge in [-0.3, -0.25) is 9.59 Å². The van der Waals surface area contributed by atoms with Gasteiger partial charge < -0.3 is 5.32 Å². The van der Waals surface area contributed by atoms with Crippen LogP contribution in [0.3, 0.4) is 0 Å². The predicted octanol–water partition coefficient (Wildman–Crippen LogP) is 4.59. The first-order chi connectivity index (χ1) is 13.4. The first-order valence-corrected chi connectivity index (χ1v) is 9.70. The Hall–Kier alpha value is -2.93. The number of carbonyl (C=O) groups excluding carboxylic acids is 2. The fourth-order valence-corrected chi connectivity index (χ4v) is 3.19. The molecule has 2 atom stereocenters. The van der Waals surface area contributed by atoms with Gasteiger partial charge in [0.05, 0.1) is 6.07 Å². The van der Waals surface area contributed by atoms with Gasteiger partial charge in [0.25, 0.3) is 0 Å². The van der Waals surface area contributed by atoms with Crippen LogP contribution in [0.2, 0.25) is 0 Å². The largest absolute Gasteiger partial charge is 0.340 e. The molecule has 0 aliphatic heterocycles. The van der Waals surface area contributed by atoms with E-state index >= 15 is 0 Å². The molecule has 0 radical (unpaired) electrons. The molecule has 4 heteroatoms. The van der Waals surface area contributed by atoms with E-state index in [9.17, 15) is 14.9 Å². The Morgan fingerprint density at radius 1 is 1.32 bits per heavy atom. The summed E-state index contributed by atoms with van der Waals surface area (Å²) in [5, 5.41) is 12.2. The molecule has 1 amide bonds. The summed E-state index contributed by atoms with van der Waals surface area (Å²) in [6.07, 6.45) is 12.3. The molecule has 2 unspecified atom stereocenters. The number of Topliss-reactive ketones (excluding diaryl/α,β-unsaturated/α-hetero) is 1. The summed E-state index contributed by atoms with van der Waals surface area (Å²) in [5.74, 6) is 0.131. The quantitative estimate of drug-likeness (QED) is 0.675. The Morgan fingerprint density at radius 2 is 2.11 bits per heavy atom. The van der Waals surface area contributed by atoms with Gasteiger partial charge in [-0.2, -0.15) is 5.26 Å². The second-order valence-electron chi connectivity index (χ2n) is 7.39. The third-order valence-electron chi connectivity index (χ3n) is 4.94. The number of nitrogens with one attached hydrogen (secondary N) is 1. The van der Waals surface area contributed by atoms with Crippen molar-refractivity contribution in [3.63, 3.8) is 0 Å². The van der Waals surface area contributed by atoms with E-state index in [4.69, 9.17) is 0 Å². The molecule has 0 spiro atoms. The highest BCUT2D eigenvalue weighted by Gasteiger charge is 2.17. The maximum atomic E-state index is 12.3. The van der Waals surface area contributed by atoms with Gasteiger partial charge >= 0.3 is 0 Å². The Bertz CT molecular complexity index is 856. The van der Waals surface area contributed by atoms with Gasteiger partial charge in [-0.25, -0.2) is 0 Å². The molecule has 0 bridgehead atoms. The van der Waals surface area contributed by atoms with Crippen molar-refractivity contribution in [3.8, 4) is 6.07 Å². The van der Waals surface area contributed by atoms with Crippen molar-refractivity contribution in [2.75, 3.05) is 0 Å². The van der Waals surface area contributed by atoms with Crippen LogP contribution in [0.4, 0.5) is 0 Å². The van der Waals surface area contributed by atoms with E-state index in [1.165, 1.54) is 6.92 Å². The standard InChI is InChI=1S/C24H28N2O2/c1-17-9-10-18(2)21(13-17)14-22(19(3)27)15-23(16-25)26-24(28)12-11-20-7-5-4-6-8-20/h4-7,9-10,13-14,20,23H,8,11-12,15H2,1-3H3,(H,26,28)/b22-14-. The van der Waals surface area contributed by atoms with E-state index < -0.39 is 6.04 Å². The minimum Gasteiger partial charge on any atom is -0.340 e. The number of nitrogens with zero attached hydrogens (tertiary/aromatic N) is 1. The molecule has 1 N–H and O–H groups in total. The van der Waals surface area contributed by atoms with Crippen molar-refractivity contribution in [1.82, 2.24) is 5.32 Å². The molecular weight excluding hydrogens is 348 g/mol. The van der Waals surface area contributed by atoms with Gasteiger partial charge in [0.15, 0.2) is 5.78 Å². The second-order valence-corrected chi connectivity index (χ2v) is 7.39. The van der Waals surface area contributed by atoms with Crippen LogP contribution in [-0.4, -0.2) is 17.7 Å². The molecule has 0 aromatic heterocycles. The number of rotatable bonds is 8. The smallest absolute Gasteiger partial charge is 0.221 e. The summed E-state index contributed by atoms with van der Waals surface area (Å²) in [5.41, 5.74) is 3.68. The highest BCUT2D eigenvalue weighted by Crippen LogP contribution is 2.19. The first-order valence-electron chi connectivity index (χ1n) is 9.70. The molecule has 0 fully saturated rings. The van der Waals surface area contributed by atoms with E-state index in [2.05, 4.69) is 23.5 Å². The summed E-state index contributed by atoms with van der Waals surface area (Å²) in [4.78, 5) is 24.4. The molecular formula is C24H28N2O2. The molecule has 1 aromatic carbocycles. The van der Waals surface area contributed by atoms with Gasteiger partial charge in [-0.15, -0.1) is 0 Å². The van der Waals surface area contributed by atoms with Gasteiger partial charge in [0.2, 0.25) is 5.91 Å². The number of carbonyl (C=O) groups is 2. The summed E-state index contributed by atoms with van der Waals surface area (Å²) in [7, 11) is 0. The van der Waals surface area contributed by atoms with Crippen LogP contribution in [0, 0.1) is 31.1 Å². The monoisotopic (exact) mass is 376 g/mol. The van der Waals surface area contributed by atoms with Crippen LogP contribution in [0.15, 0.2) is 48.1 Å². The average molecular weight is 377 g/mol. The Morgan fingerprint density at radius 3 is 2.75 bits per heavy atom. The molecule has 1 aliphatic rings. The van der Waals surface area contributed by atoms with Crippen molar-refractivity contribution in [2.45, 2.75) is 52.5 Å². The third kappa shape index (κ3) is 6.66. The Labute approximate surface area is 167 Å². The Kier molecular flexibility index (Phi) is 7.95. The lowest BCUT2D eigenvalue weighted by molar-refractivity contribution is -0.122. The average Bonchev–Trinajstić information content (AvgIpc) is 2.68. The van der Waals surface area contributed by atoms with Crippen LogP contribution < -0.4 is 5.32 Å². The van der Waals surface area contributed by atoms with Crippen LogP contribution in [0.5, 0.6) is 0 Å². The van der Waals surface area contributed by atoms with Gasteiger partial charge in [-0.05, 0) is 62.3 Å². The van der Waals surface area contributed by atoms with Crippen molar-refractivity contribution in [1.29, 1.82) is 5.26 Å². The minimum atomic E-state index is -0.713. The van der Waals surface area contributed by atoms with Crippen LogP contribution >= 0.6 is 0 Å². The highest BCUT2D eigenvalue weighted by molar-refractivity contribution is 5.98. The number of hydrogen-bond donors (Lipinski definition) is 1. The number of hydrogen-bond acceptors (Lipinski definition) is 3. The number of allylic oxidation sites excluding steroid dienone is 4. The summed E-state index contributed by atoms with van der Waals surface area (Å²) < 4.78 is 0. The van der Waals surface area contributed by atoms with Gasteiger partial charge in [-0.1, -0.05) is 48.1 Å². The number of amides is 1. The molecule has 146 valence electrons. The fraction of sp³-hybridized carbons (Fsp3) is 0.375.